The van der Waals surface area contributed by atoms with Gasteiger partial charge in [0.1, 0.15) is 29.9 Å². The Morgan fingerprint density at radius 2 is 2.14 bits per heavy atom. The zero-order valence-corrected chi connectivity index (χ0v) is 12.2. The number of nitriles is 1. The second-order valence-corrected chi connectivity index (χ2v) is 5.34. The third-order valence-electron chi connectivity index (χ3n) is 3.00. The van der Waals surface area contributed by atoms with Gasteiger partial charge in [0.15, 0.2) is 0 Å². The molecular formula is C16H12N2O2S. The Morgan fingerprint density at radius 1 is 1.29 bits per heavy atom. The summed E-state index contributed by atoms with van der Waals surface area (Å²) in [5, 5.41) is 11.0. The molecule has 0 saturated heterocycles. The molecule has 0 atom stereocenters. The van der Waals surface area contributed by atoms with Gasteiger partial charge in [-0.25, -0.2) is 4.98 Å². The van der Waals surface area contributed by atoms with Crippen molar-refractivity contribution in [3.63, 3.8) is 0 Å². The van der Waals surface area contributed by atoms with Crippen LogP contribution in [0.2, 0.25) is 0 Å². The number of ether oxygens (including phenoxy) is 1. The molecule has 104 valence electrons. The van der Waals surface area contributed by atoms with Crippen molar-refractivity contribution in [2.45, 2.75) is 13.5 Å². The second kappa shape index (κ2) is 5.81. The van der Waals surface area contributed by atoms with Crippen LogP contribution in [0.1, 0.15) is 17.0 Å². The Hall–Kier alpha value is -2.58. The lowest BCUT2D eigenvalue weighted by Crippen LogP contribution is -1.99. The van der Waals surface area contributed by atoms with Gasteiger partial charge in [0, 0.05) is 0 Å². The fourth-order valence-corrected chi connectivity index (χ4v) is 2.55. The minimum absolute atomic E-state index is 0.277. The predicted molar refractivity (Wildman–Crippen MR) is 80.0 cm³/mol. The molecular weight excluding hydrogens is 284 g/mol. The van der Waals surface area contributed by atoms with Crippen LogP contribution < -0.4 is 4.74 Å². The van der Waals surface area contributed by atoms with Crippen LogP contribution in [0, 0.1) is 18.3 Å². The lowest BCUT2D eigenvalue weighted by molar-refractivity contribution is 0.298. The van der Waals surface area contributed by atoms with E-state index in [9.17, 15) is 0 Å². The molecule has 4 nitrogen and oxygen atoms in total. The van der Waals surface area contributed by atoms with Gasteiger partial charge in [0.05, 0.1) is 10.4 Å². The Morgan fingerprint density at radius 3 is 2.90 bits per heavy atom. The highest BCUT2D eigenvalue weighted by atomic mass is 32.1. The third kappa shape index (κ3) is 2.81. The van der Waals surface area contributed by atoms with Crippen molar-refractivity contribution in [3.05, 3.63) is 58.8 Å². The summed E-state index contributed by atoms with van der Waals surface area (Å²) in [6, 6.07) is 13.2. The first-order chi connectivity index (χ1) is 10.3. The predicted octanol–water partition coefficient (Wildman–Crippen LogP) is 4.16. The first-order valence-electron chi connectivity index (χ1n) is 6.40. The number of nitrogens with zero attached hydrogens (tertiary/aromatic N) is 2. The first kappa shape index (κ1) is 13.4. The van der Waals surface area contributed by atoms with Crippen molar-refractivity contribution in [2.24, 2.45) is 0 Å². The fraction of sp³-hybridized carbons (Fsp3) is 0.125. The van der Waals surface area contributed by atoms with Gasteiger partial charge in [-0.05, 0) is 30.5 Å². The molecule has 3 rings (SSSR count). The summed E-state index contributed by atoms with van der Waals surface area (Å²) < 4.78 is 11.3. The van der Waals surface area contributed by atoms with Crippen LogP contribution in [0.5, 0.6) is 5.75 Å². The summed E-state index contributed by atoms with van der Waals surface area (Å²) in [6.07, 6.45) is 0. The van der Waals surface area contributed by atoms with Crippen molar-refractivity contribution < 1.29 is 9.15 Å². The molecule has 1 aromatic carbocycles. The van der Waals surface area contributed by atoms with E-state index >= 15 is 0 Å². The second-order valence-electron chi connectivity index (χ2n) is 4.40. The molecule has 0 aliphatic rings. The monoisotopic (exact) mass is 296 g/mol. The number of rotatable bonds is 4. The number of thiophene rings is 1. The smallest absolute Gasteiger partial charge is 0.236 e. The maximum atomic E-state index is 9.04. The minimum atomic E-state index is 0.277. The molecule has 21 heavy (non-hydrogen) atoms. The number of oxazole rings is 1. The van der Waals surface area contributed by atoms with Crippen molar-refractivity contribution in [3.8, 4) is 22.6 Å². The Bertz CT molecular complexity index is 785. The lowest BCUT2D eigenvalue weighted by atomic mass is 10.2. The molecule has 5 heteroatoms. The normalized spacial score (nSPS) is 10.3. The van der Waals surface area contributed by atoms with E-state index in [4.69, 9.17) is 14.4 Å². The van der Waals surface area contributed by atoms with Gasteiger partial charge in [-0.3, -0.25) is 0 Å². The number of benzene rings is 1. The summed E-state index contributed by atoms with van der Waals surface area (Å²) in [5.41, 5.74) is 1.25. The molecule has 3 aromatic rings. The zero-order chi connectivity index (χ0) is 14.7. The molecule has 0 bridgehead atoms. The van der Waals surface area contributed by atoms with Crippen LogP contribution in [0.15, 0.2) is 46.2 Å². The number of aryl methyl sites for hydroxylation is 1. The zero-order valence-electron chi connectivity index (χ0n) is 11.4. The minimum Gasteiger partial charge on any atom is -0.486 e. The van der Waals surface area contributed by atoms with E-state index in [2.05, 4.69) is 11.1 Å². The quantitative estimate of drug-likeness (QED) is 0.725. The fourth-order valence-electron chi connectivity index (χ4n) is 1.90. The van der Waals surface area contributed by atoms with Crippen LogP contribution >= 0.6 is 11.3 Å². The van der Waals surface area contributed by atoms with Crippen LogP contribution in [-0.2, 0) is 6.61 Å². The third-order valence-corrected chi connectivity index (χ3v) is 3.85. The van der Waals surface area contributed by atoms with Crippen molar-refractivity contribution in [2.75, 3.05) is 0 Å². The Labute approximate surface area is 126 Å². The lowest BCUT2D eigenvalue weighted by Gasteiger charge is -2.05. The summed E-state index contributed by atoms with van der Waals surface area (Å²) in [5.74, 6) is 1.89. The number of para-hydroxylation sites is 1. The summed E-state index contributed by atoms with van der Waals surface area (Å²) >= 11 is 1.58. The highest BCUT2D eigenvalue weighted by Crippen LogP contribution is 2.26. The van der Waals surface area contributed by atoms with Crippen molar-refractivity contribution in [1.82, 2.24) is 4.98 Å². The summed E-state index contributed by atoms with van der Waals surface area (Å²) in [6.45, 7) is 2.14. The molecule has 0 N–H and O–H groups in total. The van der Waals surface area contributed by atoms with E-state index in [1.807, 2.05) is 36.6 Å². The average molecular weight is 296 g/mol. The summed E-state index contributed by atoms with van der Waals surface area (Å²) in [4.78, 5) is 5.45. The van der Waals surface area contributed by atoms with Gasteiger partial charge in [-0.2, -0.15) is 5.26 Å². The number of hydrogen-bond donors (Lipinski definition) is 0. The molecule has 0 aliphatic heterocycles. The van der Waals surface area contributed by atoms with Crippen molar-refractivity contribution >= 4 is 11.3 Å². The molecule has 0 radical (unpaired) electrons. The molecule has 0 amide bonds. The van der Waals surface area contributed by atoms with E-state index < -0.39 is 0 Å². The van der Waals surface area contributed by atoms with Gasteiger partial charge in [0.2, 0.25) is 5.89 Å². The highest BCUT2D eigenvalue weighted by Gasteiger charge is 2.13. The molecule has 2 heterocycles. The molecule has 0 unspecified atom stereocenters. The van der Waals surface area contributed by atoms with E-state index in [0.29, 0.717) is 17.2 Å². The average Bonchev–Trinajstić information content (AvgIpc) is 3.15. The molecule has 0 spiro atoms. The van der Waals surface area contributed by atoms with E-state index in [1.54, 1.807) is 23.5 Å². The maximum Gasteiger partial charge on any atom is 0.236 e. The van der Waals surface area contributed by atoms with Gasteiger partial charge in [0.25, 0.3) is 0 Å². The van der Waals surface area contributed by atoms with Gasteiger partial charge >= 0.3 is 0 Å². The maximum absolute atomic E-state index is 9.04. The van der Waals surface area contributed by atoms with E-state index in [0.717, 1.165) is 16.3 Å². The van der Waals surface area contributed by atoms with Crippen LogP contribution in [0.25, 0.3) is 10.8 Å². The SMILES string of the molecule is Cc1oc(-c2cccs2)nc1COc1ccccc1C#N. The number of hydrogen-bond acceptors (Lipinski definition) is 5. The van der Waals surface area contributed by atoms with Gasteiger partial charge in [-0.15, -0.1) is 11.3 Å². The van der Waals surface area contributed by atoms with Crippen LogP contribution in [0.3, 0.4) is 0 Å². The van der Waals surface area contributed by atoms with E-state index in [1.165, 1.54) is 0 Å². The van der Waals surface area contributed by atoms with Crippen LogP contribution in [0.4, 0.5) is 0 Å². The van der Waals surface area contributed by atoms with E-state index in [-0.39, 0.29) is 6.61 Å². The summed E-state index contributed by atoms with van der Waals surface area (Å²) in [7, 11) is 0. The molecule has 0 aliphatic carbocycles. The Balaban J connectivity index is 1.78. The highest BCUT2D eigenvalue weighted by molar-refractivity contribution is 7.13. The van der Waals surface area contributed by atoms with Crippen molar-refractivity contribution in [1.29, 1.82) is 5.26 Å². The topological polar surface area (TPSA) is 59.1 Å². The largest absolute Gasteiger partial charge is 0.486 e. The molecule has 0 saturated carbocycles. The van der Waals surface area contributed by atoms with Crippen LogP contribution in [-0.4, -0.2) is 4.98 Å². The standard InChI is InChI=1S/C16H12N2O2S/c1-11-13(18-16(20-11)15-7-4-8-21-15)10-19-14-6-3-2-5-12(14)9-17/h2-8H,10H2,1H3. The van der Waals surface area contributed by atoms with Gasteiger partial charge < -0.3 is 9.15 Å². The molecule has 2 aromatic heterocycles. The Kier molecular flexibility index (Phi) is 3.71. The molecule has 0 fully saturated rings. The van der Waals surface area contributed by atoms with Gasteiger partial charge in [-0.1, -0.05) is 18.2 Å². The number of aromatic nitrogens is 1. The first-order valence-corrected chi connectivity index (χ1v) is 7.28.